The molecule has 0 spiro atoms. The maximum Gasteiger partial charge on any atom is 0.274 e. The highest BCUT2D eigenvalue weighted by molar-refractivity contribution is 8.03. The predicted octanol–water partition coefficient (Wildman–Crippen LogP) is 5.33. The molecule has 5 heteroatoms. The summed E-state index contributed by atoms with van der Waals surface area (Å²) >= 11 is 1.60. The summed E-state index contributed by atoms with van der Waals surface area (Å²) in [5, 5.41) is 8.50. The second kappa shape index (κ2) is 8.05. The number of nitrogens with one attached hydrogen (secondary N) is 2. The molecule has 0 radical (unpaired) electrons. The van der Waals surface area contributed by atoms with Crippen molar-refractivity contribution in [2.75, 3.05) is 0 Å². The van der Waals surface area contributed by atoms with E-state index in [4.69, 9.17) is 0 Å². The number of carbonyl (C=O) groups is 1. The van der Waals surface area contributed by atoms with E-state index >= 15 is 0 Å². The van der Waals surface area contributed by atoms with Crippen molar-refractivity contribution in [1.29, 1.82) is 0 Å². The molecule has 1 atom stereocenters. The Labute approximate surface area is 179 Å². The van der Waals surface area contributed by atoms with E-state index in [1.165, 1.54) is 0 Å². The lowest BCUT2D eigenvalue weighted by molar-refractivity contribution is 0.0964. The normalized spacial score (nSPS) is 15.8. The smallest absolute Gasteiger partial charge is 0.274 e. The third-order valence-corrected chi connectivity index (χ3v) is 6.13. The van der Waals surface area contributed by atoms with Gasteiger partial charge in [-0.3, -0.25) is 4.79 Å². The topological polar surface area (TPSA) is 54.0 Å². The number of carbonyl (C=O) groups excluding carboxylic acids is 1. The quantitative estimate of drug-likeness (QED) is 0.479. The summed E-state index contributed by atoms with van der Waals surface area (Å²) in [6, 6.07) is 31.8. The second-order valence-electron chi connectivity index (χ2n) is 6.97. The molecule has 1 aliphatic rings. The summed E-state index contributed by atoms with van der Waals surface area (Å²) in [4.78, 5) is 17.5. The number of nitrogens with zero attached hydrogens (tertiary/aromatic N) is 1. The first kappa shape index (κ1) is 18.5. The van der Waals surface area contributed by atoms with Crippen LogP contribution in [0.2, 0.25) is 0 Å². The molecule has 5 rings (SSSR count). The van der Waals surface area contributed by atoms with E-state index in [-0.39, 0.29) is 11.3 Å². The number of fused-ring (bicyclic) bond motifs is 1. The summed E-state index contributed by atoms with van der Waals surface area (Å²) in [6.45, 7) is 0. The van der Waals surface area contributed by atoms with Crippen LogP contribution >= 0.6 is 11.8 Å². The maximum atomic E-state index is 13.0. The fourth-order valence-electron chi connectivity index (χ4n) is 3.45. The first-order valence-corrected chi connectivity index (χ1v) is 10.6. The number of rotatable bonds is 4. The van der Waals surface area contributed by atoms with Gasteiger partial charge in [-0.15, -0.1) is 0 Å². The minimum atomic E-state index is -0.216. The summed E-state index contributed by atoms with van der Waals surface area (Å²) in [5.74, 6) is -0.216. The minimum Gasteiger partial charge on any atom is -0.367 e. The molecule has 1 amide bonds. The number of thioether (sulfide) groups is 1. The van der Waals surface area contributed by atoms with Crippen LogP contribution in [0.25, 0.3) is 16.6 Å². The van der Waals surface area contributed by atoms with Crippen molar-refractivity contribution in [2.24, 2.45) is 0 Å². The Kier molecular flexibility index (Phi) is 4.95. The van der Waals surface area contributed by atoms with Crippen LogP contribution in [-0.2, 0) is 0 Å². The standard InChI is InChI=1S/C25H19N3OS/c29-23(21-16-15-17-9-7-8-14-20(17)26-21)28-25-22(18-10-3-1-4-11-18)27-24(30-25)19-12-5-2-6-13-19/h1-16,24,27H,(H,28,29). The van der Waals surface area contributed by atoms with Crippen LogP contribution in [0, 0.1) is 0 Å². The number of benzene rings is 3. The Morgan fingerprint density at radius 3 is 2.33 bits per heavy atom. The van der Waals surface area contributed by atoms with Crippen molar-refractivity contribution in [1.82, 2.24) is 15.6 Å². The highest BCUT2D eigenvalue weighted by Crippen LogP contribution is 2.42. The van der Waals surface area contributed by atoms with Gasteiger partial charge in [0.05, 0.1) is 11.2 Å². The number of hydrogen-bond donors (Lipinski definition) is 2. The van der Waals surface area contributed by atoms with Crippen LogP contribution in [0.1, 0.15) is 27.0 Å². The molecule has 0 fully saturated rings. The maximum absolute atomic E-state index is 13.0. The molecule has 1 unspecified atom stereocenters. The van der Waals surface area contributed by atoms with Crippen LogP contribution in [0.15, 0.2) is 102 Å². The van der Waals surface area contributed by atoms with Crippen molar-refractivity contribution < 1.29 is 4.79 Å². The second-order valence-corrected chi connectivity index (χ2v) is 8.08. The molecule has 4 aromatic rings. The molecule has 4 nitrogen and oxygen atoms in total. The summed E-state index contributed by atoms with van der Waals surface area (Å²) < 4.78 is 0. The van der Waals surface area contributed by atoms with Crippen molar-refractivity contribution in [2.45, 2.75) is 5.37 Å². The average Bonchev–Trinajstić information content (AvgIpc) is 3.23. The van der Waals surface area contributed by atoms with Gasteiger partial charge in [0.2, 0.25) is 0 Å². The van der Waals surface area contributed by atoms with E-state index in [1.807, 2.05) is 78.9 Å². The molecular weight excluding hydrogens is 390 g/mol. The lowest BCUT2D eigenvalue weighted by atomic mass is 10.1. The number of pyridine rings is 1. The van der Waals surface area contributed by atoms with Gasteiger partial charge >= 0.3 is 0 Å². The van der Waals surface area contributed by atoms with E-state index < -0.39 is 0 Å². The van der Waals surface area contributed by atoms with E-state index in [0.717, 1.165) is 32.8 Å². The van der Waals surface area contributed by atoms with Crippen LogP contribution in [0.4, 0.5) is 0 Å². The number of amides is 1. The van der Waals surface area contributed by atoms with Gasteiger partial charge in [0.15, 0.2) is 0 Å². The van der Waals surface area contributed by atoms with E-state index in [2.05, 4.69) is 27.8 Å². The highest BCUT2D eigenvalue weighted by Gasteiger charge is 2.28. The molecule has 0 bridgehead atoms. The van der Waals surface area contributed by atoms with E-state index in [9.17, 15) is 4.79 Å². The zero-order valence-electron chi connectivity index (χ0n) is 16.1. The number of hydrogen-bond acceptors (Lipinski definition) is 4. The van der Waals surface area contributed by atoms with Gasteiger partial charge in [0, 0.05) is 10.9 Å². The van der Waals surface area contributed by atoms with Gasteiger partial charge in [-0.2, -0.15) is 0 Å². The average molecular weight is 410 g/mol. The van der Waals surface area contributed by atoms with Crippen LogP contribution in [0.3, 0.4) is 0 Å². The number of para-hydroxylation sites is 1. The molecular formula is C25H19N3OS. The van der Waals surface area contributed by atoms with Crippen LogP contribution in [-0.4, -0.2) is 10.9 Å². The summed E-state index contributed by atoms with van der Waals surface area (Å²) in [6.07, 6.45) is 0. The highest BCUT2D eigenvalue weighted by atomic mass is 32.2. The molecule has 0 saturated carbocycles. The van der Waals surface area contributed by atoms with Gasteiger partial charge in [0.25, 0.3) is 5.91 Å². The third kappa shape index (κ3) is 3.67. The Morgan fingerprint density at radius 2 is 1.53 bits per heavy atom. The molecule has 30 heavy (non-hydrogen) atoms. The summed E-state index contributed by atoms with van der Waals surface area (Å²) in [5.41, 5.74) is 4.32. The Balaban J connectivity index is 1.46. The van der Waals surface area contributed by atoms with Crippen molar-refractivity contribution >= 4 is 34.3 Å². The lowest BCUT2D eigenvalue weighted by Gasteiger charge is -2.12. The minimum absolute atomic E-state index is 0.0290. The molecule has 2 heterocycles. The molecule has 2 N–H and O–H groups in total. The largest absolute Gasteiger partial charge is 0.367 e. The van der Waals surface area contributed by atoms with Gasteiger partial charge in [-0.05, 0) is 17.7 Å². The molecule has 0 saturated heterocycles. The van der Waals surface area contributed by atoms with Crippen molar-refractivity contribution in [3.63, 3.8) is 0 Å². The third-order valence-electron chi connectivity index (χ3n) is 4.96. The first-order chi connectivity index (χ1) is 14.8. The Hall–Kier alpha value is -3.57. The molecule has 1 aliphatic heterocycles. The van der Waals surface area contributed by atoms with E-state index in [0.29, 0.717) is 5.69 Å². The molecule has 3 aromatic carbocycles. The van der Waals surface area contributed by atoms with Gasteiger partial charge < -0.3 is 10.6 Å². The van der Waals surface area contributed by atoms with Crippen molar-refractivity contribution in [3.05, 3.63) is 119 Å². The molecule has 0 aliphatic carbocycles. The zero-order valence-corrected chi connectivity index (χ0v) is 16.9. The Morgan fingerprint density at radius 1 is 0.833 bits per heavy atom. The number of aromatic nitrogens is 1. The van der Waals surface area contributed by atoms with Gasteiger partial charge in [-0.1, -0.05) is 96.7 Å². The fraction of sp³-hybridized carbons (Fsp3) is 0.0400. The molecule has 146 valence electrons. The first-order valence-electron chi connectivity index (χ1n) is 9.73. The zero-order chi connectivity index (χ0) is 20.3. The predicted molar refractivity (Wildman–Crippen MR) is 122 cm³/mol. The fourth-order valence-corrected chi connectivity index (χ4v) is 4.60. The van der Waals surface area contributed by atoms with Crippen LogP contribution in [0.5, 0.6) is 0 Å². The van der Waals surface area contributed by atoms with Crippen molar-refractivity contribution in [3.8, 4) is 0 Å². The lowest BCUT2D eigenvalue weighted by Crippen LogP contribution is -2.23. The van der Waals surface area contributed by atoms with Gasteiger partial charge in [-0.25, -0.2) is 4.98 Å². The van der Waals surface area contributed by atoms with Gasteiger partial charge in [0.1, 0.15) is 16.1 Å². The Bertz CT molecular complexity index is 1240. The SMILES string of the molecule is O=C(NC1=C(c2ccccc2)NC(c2ccccc2)S1)c1ccc2ccccc2n1. The van der Waals surface area contributed by atoms with E-state index in [1.54, 1.807) is 17.8 Å². The molecule has 1 aromatic heterocycles. The van der Waals surface area contributed by atoms with Crippen LogP contribution < -0.4 is 10.6 Å². The summed E-state index contributed by atoms with van der Waals surface area (Å²) in [7, 11) is 0. The monoisotopic (exact) mass is 409 g/mol.